The number of aryl methyl sites for hydroxylation is 1. The van der Waals surface area contributed by atoms with Gasteiger partial charge in [0, 0.05) is 0 Å². The summed E-state index contributed by atoms with van der Waals surface area (Å²) >= 11 is 0. The minimum absolute atomic E-state index is 0.372. The fourth-order valence-electron chi connectivity index (χ4n) is 2.28. The van der Waals surface area contributed by atoms with Crippen molar-refractivity contribution in [1.29, 1.82) is 0 Å². The lowest BCUT2D eigenvalue weighted by molar-refractivity contribution is -0.119. The van der Waals surface area contributed by atoms with Crippen LogP contribution in [-0.2, 0) is 14.8 Å². The molecule has 1 N–H and O–H groups in total. The Hall–Kier alpha value is -2.74. The Bertz CT molecular complexity index is 925. The molecule has 26 heavy (non-hydrogen) atoms. The molecule has 0 saturated heterocycles. The molecule has 6 nitrogen and oxygen atoms in total. The maximum Gasteiger partial charge on any atom is 0.260 e. The van der Waals surface area contributed by atoms with Gasteiger partial charge in [0.15, 0.2) is 0 Å². The quantitative estimate of drug-likeness (QED) is 0.620. The Balaban J connectivity index is 2.12. The van der Waals surface area contributed by atoms with E-state index in [1.807, 2.05) is 13.0 Å². The van der Waals surface area contributed by atoms with E-state index in [0.717, 1.165) is 21.7 Å². The van der Waals surface area contributed by atoms with Crippen molar-refractivity contribution >= 4 is 27.8 Å². The van der Waals surface area contributed by atoms with E-state index in [2.05, 4.69) is 10.5 Å². The molecule has 0 unspecified atom stereocenters. The maximum atomic E-state index is 12.8. The zero-order valence-electron chi connectivity index (χ0n) is 14.7. The van der Waals surface area contributed by atoms with Gasteiger partial charge in [-0.25, -0.2) is 18.2 Å². The number of nitrogens with zero attached hydrogens (tertiary/aromatic N) is 2. The Morgan fingerprint density at radius 2 is 1.85 bits per heavy atom. The van der Waals surface area contributed by atoms with Gasteiger partial charge in [-0.2, -0.15) is 5.10 Å². The van der Waals surface area contributed by atoms with E-state index >= 15 is 0 Å². The molecule has 0 aromatic heterocycles. The van der Waals surface area contributed by atoms with E-state index in [9.17, 15) is 17.6 Å². The number of carbonyl (C=O) groups is 1. The topological polar surface area (TPSA) is 78.8 Å². The average molecular weight is 377 g/mol. The summed E-state index contributed by atoms with van der Waals surface area (Å²) in [4.78, 5) is 12.1. The lowest BCUT2D eigenvalue weighted by Crippen LogP contribution is -2.39. The molecule has 0 atom stereocenters. The Labute approximate surface area is 152 Å². The van der Waals surface area contributed by atoms with Crippen molar-refractivity contribution < 1.29 is 17.6 Å². The van der Waals surface area contributed by atoms with Crippen LogP contribution in [-0.4, -0.2) is 33.3 Å². The van der Waals surface area contributed by atoms with Crippen LogP contribution in [0, 0.1) is 19.7 Å². The van der Waals surface area contributed by atoms with E-state index in [4.69, 9.17) is 0 Å². The molecule has 8 heteroatoms. The SMILES string of the molecule is Cc1cccc(N(CC(=O)NN=Cc2ccc(F)cc2)S(C)(=O)=O)c1C. The van der Waals surface area contributed by atoms with Crippen LogP contribution in [0.1, 0.15) is 16.7 Å². The van der Waals surface area contributed by atoms with Gasteiger partial charge in [0.25, 0.3) is 5.91 Å². The third kappa shape index (κ3) is 5.13. The molecule has 0 aliphatic carbocycles. The summed E-state index contributed by atoms with van der Waals surface area (Å²) in [5.41, 5.74) is 5.03. The first-order valence-corrected chi connectivity index (χ1v) is 9.64. The first-order valence-electron chi connectivity index (χ1n) is 7.80. The number of halogens is 1. The van der Waals surface area contributed by atoms with E-state index in [-0.39, 0.29) is 5.82 Å². The Morgan fingerprint density at radius 1 is 1.19 bits per heavy atom. The molecule has 2 rings (SSSR count). The molecule has 0 fully saturated rings. The molecule has 0 radical (unpaired) electrons. The minimum atomic E-state index is -3.66. The van der Waals surface area contributed by atoms with Gasteiger partial charge in [-0.15, -0.1) is 0 Å². The number of amides is 1. The van der Waals surface area contributed by atoms with Crippen molar-refractivity contribution in [3.63, 3.8) is 0 Å². The number of anilines is 1. The van der Waals surface area contributed by atoms with Gasteiger partial charge in [-0.05, 0) is 48.7 Å². The summed E-state index contributed by atoms with van der Waals surface area (Å²) in [6.07, 6.45) is 2.39. The van der Waals surface area contributed by atoms with Crippen molar-refractivity contribution in [2.75, 3.05) is 17.1 Å². The number of hydrazone groups is 1. The van der Waals surface area contributed by atoms with Crippen molar-refractivity contribution in [1.82, 2.24) is 5.43 Å². The van der Waals surface area contributed by atoms with Crippen molar-refractivity contribution in [2.24, 2.45) is 5.10 Å². The summed E-state index contributed by atoms with van der Waals surface area (Å²) in [6.45, 7) is 3.27. The molecule has 2 aromatic carbocycles. The van der Waals surface area contributed by atoms with E-state index < -0.39 is 22.5 Å². The molecule has 1 amide bonds. The summed E-state index contributed by atoms with van der Waals surface area (Å²) in [5, 5.41) is 3.77. The highest BCUT2D eigenvalue weighted by Crippen LogP contribution is 2.24. The van der Waals surface area contributed by atoms with Gasteiger partial charge in [0.2, 0.25) is 10.0 Å². The zero-order valence-corrected chi connectivity index (χ0v) is 15.5. The van der Waals surface area contributed by atoms with Crippen LogP contribution in [0.3, 0.4) is 0 Å². The molecule has 138 valence electrons. The van der Waals surface area contributed by atoms with Gasteiger partial charge in [0.1, 0.15) is 12.4 Å². The number of hydrogen-bond donors (Lipinski definition) is 1. The second-order valence-corrected chi connectivity index (χ2v) is 7.74. The second kappa shape index (κ2) is 8.09. The van der Waals surface area contributed by atoms with Gasteiger partial charge in [0.05, 0.1) is 18.2 Å². The lowest BCUT2D eigenvalue weighted by atomic mass is 10.1. The van der Waals surface area contributed by atoms with Crippen molar-refractivity contribution in [2.45, 2.75) is 13.8 Å². The fourth-order valence-corrected chi connectivity index (χ4v) is 3.19. The second-order valence-electron chi connectivity index (χ2n) is 5.83. The van der Waals surface area contributed by atoms with Gasteiger partial charge in [-0.3, -0.25) is 9.10 Å². The standard InChI is InChI=1S/C18H20FN3O3S/c1-13-5-4-6-17(14(13)2)22(26(3,24)25)12-18(23)21-20-11-15-7-9-16(19)10-8-15/h4-11H,12H2,1-3H3,(H,21,23). The normalized spacial score (nSPS) is 11.5. The number of carbonyl (C=O) groups excluding carboxylic acids is 1. The highest BCUT2D eigenvalue weighted by Gasteiger charge is 2.22. The number of nitrogens with one attached hydrogen (secondary N) is 1. The lowest BCUT2D eigenvalue weighted by Gasteiger charge is -2.23. The fraction of sp³-hybridized carbons (Fsp3) is 0.222. The van der Waals surface area contributed by atoms with Gasteiger partial charge >= 0.3 is 0 Å². The van der Waals surface area contributed by atoms with Crippen molar-refractivity contribution in [3.8, 4) is 0 Å². The van der Waals surface area contributed by atoms with Crippen LogP contribution in [0.2, 0.25) is 0 Å². The highest BCUT2D eigenvalue weighted by molar-refractivity contribution is 7.92. The minimum Gasteiger partial charge on any atom is -0.271 e. The van der Waals surface area contributed by atoms with Crippen LogP contribution < -0.4 is 9.73 Å². The van der Waals surface area contributed by atoms with Crippen LogP contribution in [0.4, 0.5) is 10.1 Å². The Morgan fingerprint density at radius 3 is 2.46 bits per heavy atom. The third-order valence-corrected chi connectivity index (χ3v) is 4.93. The molecule has 0 bridgehead atoms. The molecular weight excluding hydrogens is 357 g/mol. The molecule has 0 spiro atoms. The first kappa shape index (κ1) is 19.6. The largest absolute Gasteiger partial charge is 0.271 e. The number of hydrogen-bond acceptors (Lipinski definition) is 4. The van der Waals surface area contributed by atoms with E-state index in [1.54, 1.807) is 19.1 Å². The van der Waals surface area contributed by atoms with E-state index in [1.165, 1.54) is 30.5 Å². The monoisotopic (exact) mass is 377 g/mol. The highest BCUT2D eigenvalue weighted by atomic mass is 32.2. The van der Waals surface area contributed by atoms with Crippen LogP contribution in [0.5, 0.6) is 0 Å². The first-order chi connectivity index (χ1) is 12.2. The summed E-state index contributed by atoms with van der Waals surface area (Å²) in [7, 11) is -3.66. The molecule has 0 saturated carbocycles. The predicted octanol–water partition coefficient (Wildman–Crippen LogP) is 2.36. The van der Waals surface area contributed by atoms with Gasteiger partial charge in [-0.1, -0.05) is 24.3 Å². The molecule has 2 aromatic rings. The zero-order chi connectivity index (χ0) is 19.3. The number of benzene rings is 2. The van der Waals surface area contributed by atoms with Crippen LogP contribution in [0.15, 0.2) is 47.6 Å². The van der Waals surface area contributed by atoms with E-state index in [0.29, 0.717) is 11.3 Å². The average Bonchev–Trinajstić information content (AvgIpc) is 2.56. The van der Waals surface area contributed by atoms with Gasteiger partial charge < -0.3 is 0 Å². The molecular formula is C18H20FN3O3S. The number of rotatable bonds is 6. The molecule has 0 aliphatic heterocycles. The van der Waals surface area contributed by atoms with Crippen LogP contribution >= 0.6 is 0 Å². The smallest absolute Gasteiger partial charge is 0.260 e. The van der Waals surface area contributed by atoms with Crippen molar-refractivity contribution in [3.05, 3.63) is 65.0 Å². The maximum absolute atomic E-state index is 12.8. The number of sulfonamides is 1. The van der Waals surface area contributed by atoms with Crippen LogP contribution in [0.25, 0.3) is 0 Å². The predicted molar refractivity (Wildman–Crippen MR) is 100 cm³/mol. The summed E-state index contributed by atoms with van der Waals surface area (Å²) < 4.78 is 38.1. The Kier molecular flexibility index (Phi) is 6.10. The third-order valence-electron chi connectivity index (χ3n) is 3.81. The molecule has 0 heterocycles. The summed E-state index contributed by atoms with van der Waals surface area (Å²) in [6, 6.07) is 10.8. The summed E-state index contributed by atoms with van der Waals surface area (Å²) in [5.74, 6) is -0.960. The molecule has 0 aliphatic rings.